The van der Waals surface area contributed by atoms with Crippen LogP contribution in [0, 0.1) is 10.1 Å². The molecule has 2 aromatic rings. The van der Waals surface area contributed by atoms with Crippen molar-refractivity contribution in [3.8, 4) is 0 Å². The molecule has 0 spiro atoms. The van der Waals surface area contributed by atoms with E-state index in [9.17, 15) is 24.5 Å². The summed E-state index contributed by atoms with van der Waals surface area (Å²) in [5.41, 5.74) is -0.609. The highest BCUT2D eigenvalue weighted by Gasteiger charge is 2.23. The van der Waals surface area contributed by atoms with Crippen molar-refractivity contribution in [2.24, 2.45) is 0 Å². The number of thiophene rings is 1. The number of rotatable bonds is 4. The molecule has 2 N–H and O–H groups in total. The topological polar surface area (TPSA) is 128 Å². The van der Waals surface area contributed by atoms with Crippen LogP contribution in [0.2, 0.25) is 0 Å². The lowest BCUT2D eigenvalue weighted by molar-refractivity contribution is -0.384. The second-order valence-corrected chi connectivity index (χ2v) is 7.91. The smallest absolute Gasteiger partial charge is 0.349 e. The van der Waals surface area contributed by atoms with E-state index in [1.165, 1.54) is 25.1 Å². The molecule has 0 fully saturated rings. The van der Waals surface area contributed by atoms with Crippen molar-refractivity contribution in [3.05, 3.63) is 39.3 Å². The summed E-state index contributed by atoms with van der Waals surface area (Å²) in [6, 6.07) is 5.02. The molecule has 0 aliphatic rings. The fraction of sp³-hybridized carbons (Fsp3) is 0.353. The Morgan fingerprint density at radius 3 is 2.48 bits per heavy atom. The average Bonchev–Trinajstić information content (AvgIpc) is 2.95. The second-order valence-electron chi connectivity index (χ2n) is 6.83. The van der Waals surface area contributed by atoms with Gasteiger partial charge in [-0.05, 0) is 39.8 Å². The van der Waals surface area contributed by atoms with Crippen molar-refractivity contribution in [3.63, 3.8) is 0 Å². The Labute approximate surface area is 158 Å². The van der Waals surface area contributed by atoms with Gasteiger partial charge in [-0.25, -0.2) is 9.59 Å². The first kappa shape index (κ1) is 20.3. The zero-order valence-electron chi connectivity index (χ0n) is 15.2. The number of esters is 1. The van der Waals surface area contributed by atoms with E-state index in [2.05, 4.69) is 10.6 Å². The van der Waals surface area contributed by atoms with Crippen molar-refractivity contribution in [2.45, 2.75) is 39.3 Å². The third-order valence-corrected chi connectivity index (χ3v) is 4.39. The van der Waals surface area contributed by atoms with E-state index in [1.54, 1.807) is 26.8 Å². The Morgan fingerprint density at radius 2 is 1.89 bits per heavy atom. The summed E-state index contributed by atoms with van der Waals surface area (Å²) in [6.45, 7) is 6.61. The Kier molecular flexibility index (Phi) is 5.79. The first-order valence-corrected chi connectivity index (χ1v) is 8.80. The largest absolute Gasteiger partial charge is 0.448 e. The molecule has 0 saturated carbocycles. The van der Waals surface area contributed by atoms with E-state index in [1.807, 2.05) is 0 Å². The third-order valence-electron chi connectivity index (χ3n) is 3.29. The Balaban J connectivity index is 2.03. The number of benzene rings is 1. The molecule has 1 aromatic heterocycles. The van der Waals surface area contributed by atoms with E-state index in [4.69, 9.17) is 4.74 Å². The number of nitrogens with one attached hydrogen (secondary N) is 2. The van der Waals surface area contributed by atoms with E-state index in [-0.39, 0.29) is 10.6 Å². The molecule has 0 aliphatic carbocycles. The minimum atomic E-state index is -1.19. The summed E-state index contributed by atoms with van der Waals surface area (Å²) in [5, 5.41) is 16.0. The molecular formula is C17H19N3O6S. The first-order valence-electron chi connectivity index (χ1n) is 7.98. The monoisotopic (exact) mass is 393 g/mol. The number of carbonyl (C=O) groups is 3. The van der Waals surface area contributed by atoms with Crippen LogP contribution >= 0.6 is 11.3 Å². The molecule has 1 atom stereocenters. The quantitative estimate of drug-likeness (QED) is 0.467. The van der Waals surface area contributed by atoms with Crippen LogP contribution in [0.5, 0.6) is 0 Å². The maximum Gasteiger partial charge on any atom is 0.349 e. The normalized spacial score (nSPS) is 12.3. The number of nitrogens with zero attached hydrogens (tertiary/aromatic N) is 1. The number of ether oxygens (including phenoxy) is 1. The molecule has 9 nitrogen and oxygen atoms in total. The van der Waals surface area contributed by atoms with Gasteiger partial charge >= 0.3 is 12.0 Å². The van der Waals surface area contributed by atoms with Gasteiger partial charge in [-0.1, -0.05) is 0 Å². The van der Waals surface area contributed by atoms with Gasteiger partial charge < -0.3 is 10.1 Å². The number of amides is 3. The number of imide groups is 1. The molecular weight excluding hydrogens is 374 g/mol. The number of non-ortho nitro benzene ring substituents is 1. The zero-order valence-corrected chi connectivity index (χ0v) is 16.0. The molecule has 144 valence electrons. The van der Waals surface area contributed by atoms with Gasteiger partial charge in [0, 0.05) is 27.8 Å². The van der Waals surface area contributed by atoms with E-state index < -0.39 is 34.5 Å². The lowest BCUT2D eigenvalue weighted by atomic mass is 10.1. The molecule has 1 heterocycles. The van der Waals surface area contributed by atoms with Crippen molar-refractivity contribution in [1.29, 1.82) is 0 Å². The Bertz CT molecular complexity index is 915. The third kappa shape index (κ3) is 5.48. The van der Waals surface area contributed by atoms with Gasteiger partial charge in [-0.15, -0.1) is 11.3 Å². The first-order chi connectivity index (χ1) is 12.5. The number of hydrogen-bond donors (Lipinski definition) is 2. The Morgan fingerprint density at radius 1 is 1.22 bits per heavy atom. The van der Waals surface area contributed by atoms with Gasteiger partial charge in [-0.3, -0.25) is 20.2 Å². The van der Waals surface area contributed by atoms with Gasteiger partial charge in [0.2, 0.25) is 0 Å². The average molecular weight is 393 g/mol. The van der Waals surface area contributed by atoms with Crippen molar-refractivity contribution in [1.82, 2.24) is 10.6 Å². The second kappa shape index (κ2) is 7.70. The molecule has 0 unspecified atom stereocenters. The van der Waals surface area contributed by atoms with Crippen molar-refractivity contribution < 1.29 is 24.0 Å². The molecule has 2 rings (SSSR count). The number of urea groups is 1. The van der Waals surface area contributed by atoms with Crippen LogP contribution in [0.25, 0.3) is 10.1 Å². The molecule has 0 radical (unpaired) electrons. The summed E-state index contributed by atoms with van der Waals surface area (Å²) in [7, 11) is 0. The number of nitro benzene ring substituents is 1. The van der Waals surface area contributed by atoms with Crippen LogP contribution < -0.4 is 10.6 Å². The lowest BCUT2D eigenvalue weighted by Crippen LogP contribution is -2.50. The van der Waals surface area contributed by atoms with E-state index in [0.29, 0.717) is 10.1 Å². The summed E-state index contributed by atoms with van der Waals surface area (Å²) in [6.07, 6.45) is -1.19. The summed E-state index contributed by atoms with van der Waals surface area (Å²) in [4.78, 5) is 46.4. The van der Waals surface area contributed by atoms with Gasteiger partial charge in [-0.2, -0.15) is 0 Å². The summed E-state index contributed by atoms with van der Waals surface area (Å²) >= 11 is 1.09. The number of carbonyl (C=O) groups excluding carboxylic acids is 3. The van der Waals surface area contributed by atoms with Gasteiger partial charge in [0.15, 0.2) is 6.10 Å². The molecule has 0 bridgehead atoms. The predicted molar refractivity (Wildman–Crippen MR) is 99.8 cm³/mol. The van der Waals surface area contributed by atoms with Crippen LogP contribution in [-0.2, 0) is 9.53 Å². The SMILES string of the molecule is C[C@@H](OC(=O)c1cc2cc([N+](=O)[O-])ccc2s1)C(=O)NC(=O)NC(C)(C)C. The zero-order chi connectivity index (χ0) is 20.4. The van der Waals surface area contributed by atoms with Crippen LogP contribution in [0.3, 0.4) is 0 Å². The molecule has 27 heavy (non-hydrogen) atoms. The lowest BCUT2D eigenvalue weighted by Gasteiger charge is -2.21. The molecule has 3 amide bonds. The predicted octanol–water partition coefficient (Wildman–Crippen LogP) is 2.98. The van der Waals surface area contributed by atoms with Gasteiger partial charge in [0.25, 0.3) is 11.6 Å². The number of nitro groups is 1. The fourth-order valence-electron chi connectivity index (χ4n) is 2.10. The standard InChI is InChI=1S/C17H19N3O6S/c1-9(14(21)18-16(23)19-17(2,3)4)26-15(22)13-8-10-7-11(20(24)25)5-6-12(10)27-13/h5-9H,1-4H3,(H2,18,19,21,23)/t9-/m1/s1. The molecule has 0 saturated heterocycles. The van der Waals surface area contributed by atoms with Gasteiger partial charge in [0.05, 0.1) is 4.92 Å². The van der Waals surface area contributed by atoms with Crippen LogP contribution in [-0.4, -0.2) is 34.5 Å². The fourth-order valence-corrected chi connectivity index (χ4v) is 3.03. The molecule has 1 aromatic carbocycles. The number of hydrogen-bond acceptors (Lipinski definition) is 7. The summed E-state index contributed by atoms with van der Waals surface area (Å²) in [5.74, 6) is -1.51. The molecule has 10 heteroatoms. The maximum absolute atomic E-state index is 12.2. The Hall–Kier alpha value is -3.01. The van der Waals surface area contributed by atoms with E-state index >= 15 is 0 Å². The molecule has 0 aliphatic heterocycles. The van der Waals surface area contributed by atoms with Crippen LogP contribution in [0.15, 0.2) is 24.3 Å². The summed E-state index contributed by atoms with van der Waals surface area (Å²) < 4.78 is 5.76. The minimum absolute atomic E-state index is 0.0853. The maximum atomic E-state index is 12.2. The van der Waals surface area contributed by atoms with Crippen molar-refractivity contribution >= 4 is 45.0 Å². The highest BCUT2D eigenvalue weighted by atomic mass is 32.1. The van der Waals surface area contributed by atoms with Crippen LogP contribution in [0.1, 0.15) is 37.4 Å². The van der Waals surface area contributed by atoms with Crippen LogP contribution in [0.4, 0.5) is 10.5 Å². The number of fused-ring (bicyclic) bond motifs is 1. The van der Waals surface area contributed by atoms with Crippen molar-refractivity contribution in [2.75, 3.05) is 0 Å². The highest BCUT2D eigenvalue weighted by molar-refractivity contribution is 7.20. The minimum Gasteiger partial charge on any atom is -0.448 e. The highest BCUT2D eigenvalue weighted by Crippen LogP contribution is 2.29. The van der Waals surface area contributed by atoms with Gasteiger partial charge in [0.1, 0.15) is 4.88 Å². The van der Waals surface area contributed by atoms with E-state index in [0.717, 1.165) is 11.3 Å².